The molecule has 0 atom stereocenters. The van der Waals surface area contributed by atoms with Crippen LogP contribution in [0, 0.1) is 5.82 Å². The van der Waals surface area contributed by atoms with Crippen molar-refractivity contribution in [1.29, 1.82) is 0 Å². The Morgan fingerprint density at radius 1 is 1.36 bits per heavy atom. The van der Waals surface area contributed by atoms with Gasteiger partial charge in [0.15, 0.2) is 5.76 Å². The van der Waals surface area contributed by atoms with E-state index < -0.39 is 0 Å². The van der Waals surface area contributed by atoms with Gasteiger partial charge in [0.05, 0.1) is 6.20 Å². The molecule has 1 heterocycles. The number of hydrogen-bond acceptors (Lipinski definition) is 4. The van der Waals surface area contributed by atoms with Crippen LogP contribution in [0.2, 0.25) is 0 Å². The third-order valence-corrected chi connectivity index (χ3v) is 3.92. The summed E-state index contributed by atoms with van der Waals surface area (Å²) < 4.78 is 18.2. The maximum Gasteiger partial charge on any atom is 0.220 e. The van der Waals surface area contributed by atoms with E-state index in [1.54, 1.807) is 30.1 Å². The molecule has 0 saturated heterocycles. The van der Waals surface area contributed by atoms with E-state index in [0.717, 1.165) is 23.3 Å². The average molecular weight is 322 g/mol. The molecule has 22 heavy (non-hydrogen) atoms. The summed E-state index contributed by atoms with van der Waals surface area (Å²) in [6, 6.07) is 6.03. The Hall–Kier alpha value is -1.82. The molecule has 0 radical (unpaired) electrons. The van der Waals surface area contributed by atoms with Gasteiger partial charge in [-0.1, -0.05) is 5.16 Å². The van der Waals surface area contributed by atoms with Crippen molar-refractivity contribution in [1.82, 2.24) is 10.5 Å². The molecule has 2 aromatic rings. The number of halogens is 1. The lowest BCUT2D eigenvalue weighted by Crippen LogP contribution is -2.24. The van der Waals surface area contributed by atoms with E-state index in [-0.39, 0.29) is 11.7 Å². The quantitative estimate of drug-likeness (QED) is 0.758. The van der Waals surface area contributed by atoms with Gasteiger partial charge in [-0.25, -0.2) is 4.39 Å². The van der Waals surface area contributed by atoms with E-state index in [4.69, 9.17) is 4.52 Å². The maximum atomic E-state index is 13.0. The van der Waals surface area contributed by atoms with Gasteiger partial charge in [-0.2, -0.15) is 11.8 Å². The Kier molecular flexibility index (Phi) is 6.45. The molecular weight excluding hydrogens is 303 g/mol. The van der Waals surface area contributed by atoms with Crippen molar-refractivity contribution in [2.75, 3.05) is 18.6 Å². The molecule has 0 aliphatic rings. The number of carbonyl (C=O) groups excluding carboxylic acids is 1. The van der Waals surface area contributed by atoms with Gasteiger partial charge in [-0.15, -0.1) is 0 Å². The molecule has 0 unspecified atom stereocenters. The fraction of sp³-hybridized carbons (Fsp3) is 0.375. The number of rotatable bonds is 8. The van der Waals surface area contributed by atoms with E-state index in [2.05, 4.69) is 10.5 Å². The first-order chi connectivity index (χ1) is 10.7. The molecule has 0 saturated carbocycles. The number of nitrogens with one attached hydrogen (secondary N) is 1. The highest BCUT2D eigenvalue weighted by Crippen LogP contribution is 2.24. The lowest BCUT2D eigenvalue weighted by molar-refractivity contribution is -0.121. The van der Waals surface area contributed by atoms with Crippen molar-refractivity contribution in [2.24, 2.45) is 0 Å². The average Bonchev–Trinajstić information content (AvgIpc) is 2.99. The number of thioether (sulfide) groups is 1. The first kappa shape index (κ1) is 16.5. The maximum absolute atomic E-state index is 13.0. The fourth-order valence-electron chi connectivity index (χ4n) is 2.06. The van der Waals surface area contributed by atoms with Crippen LogP contribution in [0.15, 0.2) is 35.0 Å². The van der Waals surface area contributed by atoms with Crippen molar-refractivity contribution in [3.05, 3.63) is 41.8 Å². The molecule has 1 N–H and O–H groups in total. The SMILES string of the molecule is CSCCCNC(=O)CCc1cnoc1-c1ccc(F)cc1. The van der Waals surface area contributed by atoms with Crippen LogP contribution in [-0.2, 0) is 11.2 Å². The van der Waals surface area contributed by atoms with Gasteiger partial charge in [0.25, 0.3) is 0 Å². The van der Waals surface area contributed by atoms with E-state index >= 15 is 0 Å². The van der Waals surface area contributed by atoms with Crippen LogP contribution >= 0.6 is 11.8 Å². The van der Waals surface area contributed by atoms with Gasteiger partial charge in [-0.05, 0) is 49.1 Å². The van der Waals surface area contributed by atoms with E-state index in [9.17, 15) is 9.18 Å². The monoisotopic (exact) mass is 322 g/mol. The summed E-state index contributed by atoms with van der Waals surface area (Å²) in [6.45, 7) is 0.703. The normalized spacial score (nSPS) is 10.6. The standard InChI is InChI=1S/C16H19FN2O2S/c1-22-10-2-9-18-15(20)8-5-13-11-19-21-16(13)12-3-6-14(17)7-4-12/h3-4,6-7,11H,2,5,8-10H2,1H3,(H,18,20). The second-order valence-electron chi connectivity index (χ2n) is 4.88. The molecule has 1 aromatic carbocycles. The molecule has 1 amide bonds. The second kappa shape index (κ2) is 8.58. The Morgan fingerprint density at radius 3 is 2.86 bits per heavy atom. The van der Waals surface area contributed by atoms with Gasteiger partial charge in [0.1, 0.15) is 5.82 Å². The molecule has 0 aliphatic carbocycles. The van der Waals surface area contributed by atoms with Crippen LogP contribution in [-0.4, -0.2) is 29.6 Å². The summed E-state index contributed by atoms with van der Waals surface area (Å²) in [5.74, 6) is 1.36. The molecule has 6 heteroatoms. The minimum atomic E-state index is -0.297. The van der Waals surface area contributed by atoms with Crippen molar-refractivity contribution in [2.45, 2.75) is 19.3 Å². The van der Waals surface area contributed by atoms with Crippen molar-refractivity contribution in [3.8, 4) is 11.3 Å². The lowest BCUT2D eigenvalue weighted by Gasteiger charge is -2.04. The molecule has 0 aliphatic heterocycles. The Bertz CT molecular complexity index is 598. The molecule has 0 bridgehead atoms. The number of benzene rings is 1. The molecule has 4 nitrogen and oxygen atoms in total. The van der Waals surface area contributed by atoms with Crippen LogP contribution in [0.3, 0.4) is 0 Å². The molecule has 0 fully saturated rings. The Labute approximate surface area is 133 Å². The van der Waals surface area contributed by atoms with Crippen LogP contribution in [0.5, 0.6) is 0 Å². The predicted octanol–water partition coefficient (Wildman–Crippen LogP) is 3.28. The largest absolute Gasteiger partial charge is 0.356 e. The second-order valence-corrected chi connectivity index (χ2v) is 5.87. The van der Waals surface area contributed by atoms with Crippen LogP contribution in [0.4, 0.5) is 4.39 Å². The van der Waals surface area contributed by atoms with Crippen LogP contribution in [0.25, 0.3) is 11.3 Å². The topological polar surface area (TPSA) is 55.1 Å². The zero-order valence-corrected chi connectivity index (χ0v) is 13.3. The van der Waals surface area contributed by atoms with Gasteiger partial charge < -0.3 is 9.84 Å². The van der Waals surface area contributed by atoms with E-state index in [0.29, 0.717) is 25.1 Å². The fourth-order valence-corrected chi connectivity index (χ4v) is 2.49. The smallest absolute Gasteiger partial charge is 0.220 e. The molecule has 1 aromatic heterocycles. The summed E-state index contributed by atoms with van der Waals surface area (Å²) >= 11 is 1.77. The third kappa shape index (κ3) is 4.87. The van der Waals surface area contributed by atoms with Crippen molar-refractivity contribution < 1.29 is 13.7 Å². The summed E-state index contributed by atoms with van der Waals surface area (Å²) in [6.07, 6.45) is 5.56. The predicted molar refractivity (Wildman–Crippen MR) is 86.2 cm³/mol. The van der Waals surface area contributed by atoms with Gasteiger partial charge in [0.2, 0.25) is 5.91 Å². The zero-order valence-electron chi connectivity index (χ0n) is 12.5. The van der Waals surface area contributed by atoms with Crippen LogP contribution in [0.1, 0.15) is 18.4 Å². The number of aromatic nitrogens is 1. The third-order valence-electron chi connectivity index (χ3n) is 3.22. The van der Waals surface area contributed by atoms with Gasteiger partial charge >= 0.3 is 0 Å². The highest BCUT2D eigenvalue weighted by atomic mass is 32.2. The number of amides is 1. The summed E-state index contributed by atoms with van der Waals surface area (Å²) in [5.41, 5.74) is 1.61. The van der Waals surface area contributed by atoms with Crippen molar-refractivity contribution in [3.63, 3.8) is 0 Å². The first-order valence-electron chi connectivity index (χ1n) is 7.16. The minimum Gasteiger partial charge on any atom is -0.356 e. The lowest BCUT2D eigenvalue weighted by atomic mass is 10.1. The summed E-state index contributed by atoms with van der Waals surface area (Å²) in [7, 11) is 0. The van der Waals surface area contributed by atoms with Gasteiger partial charge in [-0.3, -0.25) is 4.79 Å². The molecule has 0 spiro atoms. The zero-order chi connectivity index (χ0) is 15.8. The highest BCUT2D eigenvalue weighted by Gasteiger charge is 2.12. The summed E-state index contributed by atoms with van der Waals surface area (Å²) in [5, 5.41) is 6.68. The van der Waals surface area contributed by atoms with E-state index in [1.165, 1.54) is 12.1 Å². The number of nitrogens with zero attached hydrogens (tertiary/aromatic N) is 1. The van der Waals surface area contributed by atoms with Crippen molar-refractivity contribution >= 4 is 17.7 Å². The minimum absolute atomic E-state index is 0.0207. The van der Waals surface area contributed by atoms with Gasteiger partial charge in [0, 0.05) is 24.1 Å². The Balaban J connectivity index is 1.88. The molecule has 2 rings (SSSR count). The number of aryl methyl sites for hydroxylation is 1. The highest BCUT2D eigenvalue weighted by molar-refractivity contribution is 7.98. The summed E-state index contributed by atoms with van der Waals surface area (Å²) in [4.78, 5) is 11.8. The number of carbonyl (C=O) groups is 1. The first-order valence-corrected chi connectivity index (χ1v) is 8.55. The molecular formula is C16H19FN2O2S. The van der Waals surface area contributed by atoms with Crippen LogP contribution < -0.4 is 5.32 Å². The van der Waals surface area contributed by atoms with E-state index in [1.807, 2.05) is 6.26 Å². The number of hydrogen-bond donors (Lipinski definition) is 1. The molecule has 118 valence electrons. The Morgan fingerprint density at radius 2 is 2.14 bits per heavy atom.